The van der Waals surface area contributed by atoms with Gasteiger partial charge in [-0.3, -0.25) is 10.1 Å². The van der Waals surface area contributed by atoms with E-state index in [1.165, 1.54) is 0 Å². The molecule has 1 saturated carbocycles. The molecule has 21 heavy (non-hydrogen) atoms. The van der Waals surface area contributed by atoms with Gasteiger partial charge in [-0.1, -0.05) is 12.2 Å². The maximum atomic E-state index is 10.8. The Bertz CT molecular complexity index is 332. The van der Waals surface area contributed by atoms with Crippen LogP contribution < -0.4 is 0 Å². The molecule has 0 heterocycles. The highest BCUT2D eigenvalue weighted by atomic mass is 16.7. The highest BCUT2D eigenvalue weighted by molar-refractivity contribution is 4.97. The van der Waals surface area contributed by atoms with Crippen LogP contribution in [0.25, 0.3) is 0 Å². The lowest BCUT2D eigenvalue weighted by Crippen LogP contribution is -2.17. The van der Waals surface area contributed by atoms with E-state index in [0.717, 1.165) is 25.7 Å². The van der Waals surface area contributed by atoms with E-state index in [4.69, 9.17) is 9.47 Å². The molecule has 0 radical (unpaired) electrons. The average Bonchev–Trinajstić information content (AvgIpc) is 2.77. The SMILES string of the molecule is COCO[C@@H]1C[C@@H](C[N+](=O)[O-])[C@H](/C=C/CCC[C@@H](C)O)C1. The quantitative estimate of drug-likeness (QED) is 0.220. The topological polar surface area (TPSA) is 81.8 Å². The van der Waals surface area contributed by atoms with E-state index in [-0.39, 0.29) is 42.3 Å². The third-order valence-corrected chi connectivity index (χ3v) is 3.89. The van der Waals surface area contributed by atoms with Crippen molar-refractivity contribution in [1.82, 2.24) is 0 Å². The summed E-state index contributed by atoms with van der Waals surface area (Å²) >= 11 is 0. The van der Waals surface area contributed by atoms with Gasteiger partial charge >= 0.3 is 0 Å². The maximum Gasteiger partial charge on any atom is 0.207 e. The van der Waals surface area contributed by atoms with Gasteiger partial charge in [0.15, 0.2) is 0 Å². The third-order valence-electron chi connectivity index (χ3n) is 3.89. The second-order valence-electron chi connectivity index (χ2n) is 5.81. The van der Waals surface area contributed by atoms with Crippen LogP contribution in [0, 0.1) is 22.0 Å². The summed E-state index contributed by atoms with van der Waals surface area (Å²) in [6.45, 7) is 2.02. The normalized spacial score (nSPS) is 27.3. The van der Waals surface area contributed by atoms with Gasteiger partial charge in [0.2, 0.25) is 6.54 Å². The molecule has 0 unspecified atom stereocenters. The molecular weight excluding hydrogens is 274 g/mol. The summed E-state index contributed by atoms with van der Waals surface area (Å²) in [5.74, 6) is 0.235. The number of aliphatic hydroxyl groups is 1. The predicted molar refractivity (Wildman–Crippen MR) is 79.5 cm³/mol. The van der Waals surface area contributed by atoms with Crippen LogP contribution in [-0.4, -0.2) is 42.7 Å². The lowest BCUT2D eigenvalue weighted by Gasteiger charge is -2.10. The van der Waals surface area contributed by atoms with Crippen molar-refractivity contribution in [2.75, 3.05) is 20.4 Å². The average molecular weight is 301 g/mol. The van der Waals surface area contributed by atoms with Gasteiger partial charge in [0.1, 0.15) is 6.79 Å². The van der Waals surface area contributed by atoms with Crippen LogP contribution in [0.2, 0.25) is 0 Å². The van der Waals surface area contributed by atoms with E-state index < -0.39 is 0 Å². The van der Waals surface area contributed by atoms with E-state index in [9.17, 15) is 15.2 Å². The van der Waals surface area contributed by atoms with Crippen molar-refractivity contribution in [1.29, 1.82) is 0 Å². The fourth-order valence-electron chi connectivity index (χ4n) is 2.84. The molecule has 122 valence electrons. The van der Waals surface area contributed by atoms with Crippen molar-refractivity contribution in [2.24, 2.45) is 11.8 Å². The Kier molecular flexibility index (Phi) is 8.49. The second kappa shape index (κ2) is 9.87. The van der Waals surface area contributed by atoms with E-state index in [1.807, 2.05) is 0 Å². The minimum atomic E-state index is -0.265. The molecule has 0 aromatic heterocycles. The molecule has 6 heteroatoms. The molecular formula is C15H27NO5. The molecule has 6 nitrogen and oxygen atoms in total. The summed E-state index contributed by atoms with van der Waals surface area (Å²) in [5, 5.41) is 20.0. The zero-order chi connectivity index (χ0) is 15.7. The van der Waals surface area contributed by atoms with Gasteiger partial charge in [0.25, 0.3) is 0 Å². The van der Waals surface area contributed by atoms with Crippen LogP contribution in [0.4, 0.5) is 0 Å². The van der Waals surface area contributed by atoms with Crippen LogP contribution in [-0.2, 0) is 9.47 Å². The minimum Gasteiger partial charge on any atom is -0.393 e. The molecule has 0 spiro atoms. The van der Waals surface area contributed by atoms with Crippen molar-refractivity contribution in [2.45, 2.75) is 51.2 Å². The monoisotopic (exact) mass is 301 g/mol. The molecule has 0 aromatic rings. The fourth-order valence-corrected chi connectivity index (χ4v) is 2.84. The summed E-state index contributed by atoms with van der Waals surface area (Å²) < 4.78 is 10.4. The Balaban J connectivity index is 2.42. The third kappa shape index (κ3) is 7.55. The zero-order valence-corrected chi connectivity index (χ0v) is 12.9. The Hall–Kier alpha value is -0.980. The maximum absolute atomic E-state index is 10.8. The standard InChI is InChI=1S/C15H27NO5/c1-12(17)6-4-3-5-7-13-8-15(21-11-20-2)9-14(13)10-16(18)19/h5,7,12-15,17H,3-4,6,8-11H2,1-2H3/b7-5+/t12-,13-,14+,15+/m1/s1. The van der Waals surface area contributed by atoms with Gasteiger partial charge in [-0.2, -0.15) is 0 Å². The fraction of sp³-hybridized carbons (Fsp3) is 0.867. The smallest absolute Gasteiger partial charge is 0.207 e. The minimum absolute atomic E-state index is 0.00444. The summed E-state index contributed by atoms with van der Waals surface area (Å²) in [4.78, 5) is 10.5. The first-order chi connectivity index (χ1) is 10.0. The van der Waals surface area contributed by atoms with Crippen LogP contribution in [0.15, 0.2) is 12.2 Å². The number of nitro groups is 1. The van der Waals surface area contributed by atoms with Crippen molar-refractivity contribution in [3.05, 3.63) is 22.3 Å². The molecule has 4 atom stereocenters. The summed E-state index contributed by atoms with van der Waals surface area (Å²) in [7, 11) is 1.57. The zero-order valence-electron chi connectivity index (χ0n) is 12.9. The van der Waals surface area contributed by atoms with Gasteiger partial charge in [-0.15, -0.1) is 0 Å². The lowest BCUT2D eigenvalue weighted by atomic mass is 9.95. The van der Waals surface area contributed by atoms with Crippen LogP contribution in [0.5, 0.6) is 0 Å². The number of allylic oxidation sites excluding steroid dienone is 2. The first-order valence-electron chi connectivity index (χ1n) is 7.60. The van der Waals surface area contributed by atoms with E-state index >= 15 is 0 Å². The summed E-state index contributed by atoms with van der Waals surface area (Å²) in [5.41, 5.74) is 0. The summed E-state index contributed by atoms with van der Waals surface area (Å²) in [6, 6.07) is 0. The van der Waals surface area contributed by atoms with Crippen molar-refractivity contribution in [3.8, 4) is 0 Å². The molecule has 1 rings (SSSR count). The number of rotatable bonds is 10. The number of hydrogen-bond donors (Lipinski definition) is 1. The highest BCUT2D eigenvalue weighted by Crippen LogP contribution is 2.35. The molecule has 1 fully saturated rings. The van der Waals surface area contributed by atoms with E-state index in [0.29, 0.717) is 6.42 Å². The number of ether oxygens (including phenoxy) is 2. The highest BCUT2D eigenvalue weighted by Gasteiger charge is 2.36. The van der Waals surface area contributed by atoms with Crippen LogP contribution >= 0.6 is 0 Å². The predicted octanol–water partition coefficient (Wildman–Crippen LogP) is 2.39. The Morgan fingerprint density at radius 3 is 2.86 bits per heavy atom. The van der Waals surface area contributed by atoms with E-state index in [1.54, 1.807) is 14.0 Å². The Morgan fingerprint density at radius 1 is 1.48 bits per heavy atom. The Labute approximate surface area is 126 Å². The number of methoxy groups -OCH3 is 1. The molecule has 1 N–H and O–H groups in total. The van der Waals surface area contributed by atoms with Gasteiger partial charge in [-0.05, 0) is 44.9 Å². The van der Waals surface area contributed by atoms with Gasteiger partial charge in [-0.25, -0.2) is 0 Å². The summed E-state index contributed by atoms with van der Waals surface area (Å²) in [6.07, 6.45) is 8.10. The Morgan fingerprint density at radius 2 is 2.24 bits per heavy atom. The number of unbranched alkanes of at least 4 members (excludes halogenated alkanes) is 1. The largest absolute Gasteiger partial charge is 0.393 e. The first-order valence-corrected chi connectivity index (χ1v) is 7.60. The molecule has 0 amide bonds. The van der Waals surface area contributed by atoms with Crippen LogP contribution in [0.3, 0.4) is 0 Å². The lowest BCUT2D eigenvalue weighted by molar-refractivity contribution is -0.489. The molecule has 1 aliphatic rings. The number of aliphatic hydroxyl groups excluding tert-OH is 1. The molecule has 0 aromatic carbocycles. The van der Waals surface area contributed by atoms with Gasteiger partial charge in [0.05, 0.1) is 12.2 Å². The molecule has 0 saturated heterocycles. The van der Waals surface area contributed by atoms with Crippen molar-refractivity contribution in [3.63, 3.8) is 0 Å². The molecule has 0 bridgehead atoms. The van der Waals surface area contributed by atoms with Gasteiger partial charge < -0.3 is 14.6 Å². The number of nitrogens with zero attached hydrogens (tertiary/aromatic N) is 1. The van der Waals surface area contributed by atoms with Crippen molar-refractivity contribution >= 4 is 0 Å². The number of hydrogen-bond acceptors (Lipinski definition) is 5. The first kappa shape index (κ1) is 18.1. The molecule has 1 aliphatic carbocycles. The second-order valence-corrected chi connectivity index (χ2v) is 5.81. The van der Waals surface area contributed by atoms with Crippen molar-refractivity contribution < 1.29 is 19.5 Å². The van der Waals surface area contributed by atoms with Crippen LogP contribution in [0.1, 0.15) is 39.0 Å². The van der Waals surface area contributed by atoms with E-state index in [2.05, 4.69) is 12.2 Å². The van der Waals surface area contributed by atoms with Gasteiger partial charge in [0, 0.05) is 18.0 Å². The molecule has 0 aliphatic heterocycles.